The second kappa shape index (κ2) is 6.64. The summed E-state index contributed by atoms with van der Waals surface area (Å²) >= 11 is 7.19. The van der Waals surface area contributed by atoms with E-state index < -0.39 is 0 Å². The topological polar surface area (TPSA) is 0 Å². The number of rotatable bonds is 5. The minimum absolute atomic E-state index is 0.166. The smallest absolute Gasteiger partial charge is 0.0502 e. The van der Waals surface area contributed by atoms with Crippen molar-refractivity contribution in [1.29, 1.82) is 0 Å². The molecule has 2 fully saturated rings. The van der Waals surface area contributed by atoms with E-state index in [-0.39, 0.29) is 4.87 Å². The van der Waals surface area contributed by atoms with Gasteiger partial charge in [-0.15, -0.1) is 11.6 Å². The maximum atomic E-state index is 7.19. The van der Waals surface area contributed by atoms with Crippen molar-refractivity contribution in [1.82, 2.24) is 0 Å². The summed E-state index contributed by atoms with van der Waals surface area (Å²) < 4.78 is 0. The average molecular weight is 271 g/mol. The maximum Gasteiger partial charge on any atom is 0.0502 e. The van der Waals surface area contributed by atoms with Gasteiger partial charge < -0.3 is 0 Å². The van der Waals surface area contributed by atoms with Crippen molar-refractivity contribution in [2.75, 3.05) is 0 Å². The van der Waals surface area contributed by atoms with Crippen molar-refractivity contribution < 1.29 is 0 Å². The maximum absolute atomic E-state index is 7.19. The Bertz CT molecular complexity index is 234. The number of alkyl halides is 1. The third-order valence-corrected chi connectivity index (χ3v) is 6.44. The molecule has 106 valence electrons. The van der Waals surface area contributed by atoms with E-state index in [1.54, 1.807) is 0 Å². The van der Waals surface area contributed by atoms with Gasteiger partial charge in [-0.1, -0.05) is 64.7 Å². The van der Waals surface area contributed by atoms with Gasteiger partial charge in [0, 0.05) is 0 Å². The molecular formula is C17H31Cl. The predicted molar refractivity (Wildman–Crippen MR) is 81.3 cm³/mol. The number of halogens is 1. The van der Waals surface area contributed by atoms with Crippen molar-refractivity contribution in [3.05, 3.63) is 0 Å². The first kappa shape index (κ1) is 14.7. The van der Waals surface area contributed by atoms with Gasteiger partial charge in [0.25, 0.3) is 0 Å². The molecule has 2 aliphatic rings. The summed E-state index contributed by atoms with van der Waals surface area (Å²) in [4.78, 5) is 0.166. The van der Waals surface area contributed by atoms with E-state index in [9.17, 15) is 0 Å². The Kier molecular flexibility index (Phi) is 5.42. The lowest BCUT2D eigenvalue weighted by atomic mass is 9.59. The van der Waals surface area contributed by atoms with Gasteiger partial charge in [-0.2, -0.15) is 0 Å². The highest BCUT2D eigenvalue weighted by Crippen LogP contribution is 2.57. The molecule has 2 saturated carbocycles. The molecule has 18 heavy (non-hydrogen) atoms. The van der Waals surface area contributed by atoms with Crippen LogP contribution in [0.5, 0.6) is 0 Å². The fourth-order valence-electron chi connectivity index (χ4n) is 4.51. The molecule has 0 unspecified atom stereocenters. The molecule has 0 amide bonds. The van der Waals surface area contributed by atoms with Gasteiger partial charge in [0.1, 0.15) is 0 Å². The highest BCUT2D eigenvalue weighted by Gasteiger charge is 2.49. The van der Waals surface area contributed by atoms with E-state index in [0.29, 0.717) is 5.41 Å². The van der Waals surface area contributed by atoms with Crippen molar-refractivity contribution >= 4 is 11.6 Å². The fraction of sp³-hybridized carbons (Fsp3) is 1.00. The molecule has 0 nitrogen and oxygen atoms in total. The van der Waals surface area contributed by atoms with Crippen molar-refractivity contribution in [3.8, 4) is 0 Å². The molecule has 2 rings (SSSR count). The standard InChI is InChI=1S/C17H31Cl/c1-2-3-6-11-16(12-7-4-8-13-16)17(18)14-9-5-10-15-17/h2-15H2,1H3. The van der Waals surface area contributed by atoms with Crippen molar-refractivity contribution in [2.24, 2.45) is 5.41 Å². The minimum Gasteiger partial charge on any atom is -0.119 e. The molecule has 0 aliphatic heterocycles. The first-order valence-corrected chi connectivity index (χ1v) is 8.79. The molecule has 0 aromatic carbocycles. The average Bonchev–Trinajstić information content (AvgIpc) is 2.41. The summed E-state index contributed by atoms with van der Waals surface area (Å²) in [6, 6.07) is 0. The molecule has 0 radical (unpaired) electrons. The first-order valence-electron chi connectivity index (χ1n) is 8.41. The van der Waals surface area contributed by atoms with Crippen LogP contribution in [0.25, 0.3) is 0 Å². The Balaban J connectivity index is 2.06. The Labute approximate surface area is 119 Å². The fourth-order valence-corrected chi connectivity index (χ4v) is 5.06. The zero-order valence-electron chi connectivity index (χ0n) is 12.3. The summed E-state index contributed by atoms with van der Waals surface area (Å²) in [5.74, 6) is 0. The molecule has 2 aliphatic carbocycles. The lowest BCUT2D eigenvalue weighted by Crippen LogP contribution is -2.46. The second-order valence-electron chi connectivity index (χ2n) is 6.82. The third-order valence-electron chi connectivity index (χ3n) is 5.67. The van der Waals surface area contributed by atoms with Gasteiger partial charge >= 0.3 is 0 Å². The van der Waals surface area contributed by atoms with E-state index in [1.165, 1.54) is 89.9 Å². The summed E-state index contributed by atoms with van der Waals surface area (Å²) in [6.07, 6.45) is 19.4. The summed E-state index contributed by atoms with van der Waals surface area (Å²) in [5, 5.41) is 0. The molecule has 0 atom stereocenters. The molecule has 0 bridgehead atoms. The summed E-state index contributed by atoms with van der Waals surface area (Å²) in [5.41, 5.74) is 0.502. The predicted octanol–water partition coefficient (Wildman–Crippen LogP) is 6.46. The van der Waals surface area contributed by atoms with E-state index in [1.807, 2.05) is 0 Å². The molecule has 0 heterocycles. The second-order valence-corrected chi connectivity index (χ2v) is 7.55. The zero-order chi connectivity index (χ0) is 12.9. The lowest BCUT2D eigenvalue weighted by molar-refractivity contribution is 0.0756. The zero-order valence-corrected chi connectivity index (χ0v) is 13.0. The van der Waals surface area contributed by atoms with Gasteiger partial charge in [0.15, 0.2) is 0 Å². The van der Waals surface area contributed by atoms with Crippen LogP contribution in [0, 0.1) is 5.41 Å². The SMILES string of the molecule is CCCCCC1(C2(Cl)CCCCC2)CCCCC1. The van der Waals surface area contributed by atoms with Gasteiger partial charge in [-0.05, 0) is 37.5 Å². The number of hydrogen-bond donors (Lipinski definition) is 0. The van der Waals surface area contributed by atoms with Crippen LogP contribution >= 0.6 is 11.6 Å². The monoisotopic (exact) mass is 270 g/mol. The highest BCUT2D eigenvalue weighted by molar-refractivity contribution is 6.24. The van der Waals surface area contributed by atoms with Crippen LogP contribution in [0.4, 0.5) is 0 Å². The first-order chi connectivity index (χ1) is 8.72. The summed E-state index contributed by atoms with van der Waals surface area (Å²) in [7, 11) is 0. The van der Waals surface area contributed by atoms with Crippen LogP contribution in [0.3, 0.4) is 0 Å². The lowest BCUT2D eigenvalue weighted by Gasteiger charge is -2.51. The minimum atomic E-state index is 0.166. The van der Waals surface area contributed by atoms with Crippen molar-refractivity contribution in [2.45, 2.75) is 102 Å². The summed E-state index contributed by atoms with van der Waals surface area (Å²) in [6.45, 7) is 2.31. The molecular weight excluding hydrogens is 240 g/mol. The van der Waals surface area contributed by atoms with Crippen LogP contribution in [-0.4, -0.2) is 4.87 Å². The molecule has 1 heteroatoms. The van der Waals surface area contributed by atoms with E-state index in [4.69, 9.17) is 11.6 Å². The Hall–Kier alpha value is 0.290. The molecule has 0 N–H and O–H groups in total. The number of hydrogen-bond acceptors (Lipinski definition) is 0. The Morgan fingerprint density at radius 3 is 1.89 bits per heavy atom. The number of unbranched alkanes of at least 4 members (excludes halogenated alkanes) is 2. The largest absolute Gasteiger partial charge is 0.119 e. The highest BCUT2D eigenvalue weighted by atomic mass is 35.5. The molecule has 0 saturated heterocycles. The van der Waals surface area contributed by atoms with Gasteiger partial charge in [-0.25, -0.2) is 0 Å². The third kappa shape index (κ3) is 3.06. The van der Waals surface area contributed by atoms with E-state index in [2.05, 4.69) is 6.92 Å². The van der Waals surface area contributed by atoms with Crippen molar-refractivity contribution in [3.63, 3.8) is 0 Å². The van der Waals surface area contributed by atoms with Gasteiger partial charge in [-0.3, -0.25) is 0 Å². The molecule has 0 aromatic rings. The normalized spacial score (nSPS) is 27.0. The van der Waals surface area contributed by atoms with Crippen LogP contribution in [0.2, 0.25) is 0 Å². The Morgan fingerprint density at radius 1 is 0.778 bits per heavy atom. The van der Waals surface area contributed by atoms with Crippen LogP contribution in [0.1, 0.15) is 96.8 Å². The van der Waals surface area contributed by atoms with Crippen LogP contribution < -0.4 is 0 Å². The Morgan fingerprint density at radius 2 is 1.33 bits per heavy atom. The molecule has 0 aromatic heterocycles. The molecule has 0 spiro atoms. The quantitative estimate of drug-likeness (QED) is 0.397. The van der Waals surface area contributed by atoms with Crippen LogP contribution in [-0.2, 0) is 0 Å². The van der Waals surface area contributed by atoms with Gasteiger partial charge in [0.2, 0.25) is 0 Å². The van der Waals surface area contributed by atoms with Gasteiger partial charge in [0.05, 0.1) is 4.87 Å². The van der Waals surface area contributed by atoms with Crippen LogP contribution in [0.15, 0.2) is 0 Å². The van der Waals surface area contributed by atoms with E-state index in [0.717, 1.165) is 0 Å². The van der Waals surface area contributed by atoms with E-state index >= 15 is 0 Å².